The van der Waals surface area contributed by atoms with Crippen molar-refractivity contribution < 1.29 is 18.7 Å². The zero-order valence-corrected chi connectivity index (χ0v) is 15.7. The molecule has 1 fully saturated rings. The molecular weight excluding hydrogens is 338 g/mol. The number of phenols is 1. The van der Waals surface area contributed by atoms with Gasteiger partial charge in [0.05, 0.1) is 5.56 Å². The van der Waals surface area contributed by atoms with Crippen molar-refractivity contribution in [3.63, 3.8) is 0 Å². The Bertz CT molecular complexity index is 685. The van der Waals surface area contributed by atoms with Gasteiger partial charge in [0.25, 0.3) is 5.91 Å². The molecule has 1 unspecified atom stereocenters. The largest absolute Gasteiger partial charge is 0.503 e. The first kappa shape index (κ1) is 19.1. The smallest absolute Gasteiger partial charge is 0.257 e. The molecule has 1 aliphatic heterocycles. The first-order valence-corrected chi connectivity index (χ1v) is 9.53. The standard InChI is InChI=1S/C20H28F2N2O2/c1-11(2)23-12(3)14-6-4-13(5-7-14)9-24-10-15-8-16(21)19(25)18(22)17(15)20(24)26/h8,11-14,23,25H,4-7,9-10H2,1-3H3. The van der Waals surface area contributed by atoms with E-state index in [2.05, 4.69) is 26.1 Å². The molecule has 26 heavy (non-hydrogen) atoms. The predicted molar refractivity (Wildman–Crippen MR) is 95.9 cm³/mol. The summed E-state index contributed by atoms with van der Waals surface area (Å²) in [5, 5.41) is 13.0. The van der Waals surface area contributed by atoms with Crippen LogP contribution in [0.25, 0.3) is 0 Å². The number of hydrogen-bond donors (Lipinski definition) is 2. The van der Waals surface area contributed by atoms with Gasteiger partial charge in [-0.05, 0) is 56.1 Å². The summed E-state index contributed by atoms with van der Waals surface area (Å²) in [6, 6.07) is 2.02. The molecule has 0 spiro atoms. The number of benzene rings is 1. The van der Waals surface area contributed by atoms with E-state index in [-0.39, 0.29) is 12.1 Å². The third-order valence-corrected chi connectivity index (χ3v) is 5.81. The predicted octanol–water partition coefficient (Wildman–Crippen LogP) is 3.82. The first-order valence-electron chi connectivity index (χ1n) is 9.53. The van der Waals surface area contributed by atoms with E-state index < -0.39 is 23.3 Å². The Balaban J connectivity index is 1.58. The molecule has 1 aliphatic carbocycles. The van der Waals surface area contributed by atoms with E-state index >= 15 is 0 Å². The van der Waals surface area contributed by atoms with Gasteiger partial charge in [0.2, 0.25) is 0 Å². The lowest BCUT2D eigenvalue weighted by atomic mass is 9.78. The number of fused-ring (bicyclic) bond motifs is 1. The Morgan fingerprint density at radius 3 is 2.50 bits per heavy atom. The number of carbonyl (C=O) groups is 1. The zero-order chi connectivity index (χ0) is 19.0. The second-order valence-corrected chi connectivity index (χ2v) is 8.13. The average Bonchev–Trinajstić information content (AvgIpc) is 2.88. The first-order chi connectivity index (χ1) is 12.3. The van der Waals surface area contributed by atoms with Crippen LogP contribution in [0.15, 0.2) is 6.07 Å². The van der Waals surface area contributed by atoms with Crippen molar-refractivity contribution in [2.75, 3.05) is 6.54 Å². The number of hydrogen-bond acceptors (Lipinski definition) is 3. The number of nitrogens with zero attached hydrogens (tertiary/aromatic N) is 1. The van der Waals surface area contributed by atoms with Crippen LogP contribution in [0, 0.1) is 23.5 Å². The Morgan fingerprint density at radius 2 is 1.88 bits per heavy atom. The third-order valence-electron chi connectivity index (χ3n) is 5.81. The number of nitrogens with one attached hydrogen (secondary N) is 1. The van der Waals surface area contributed by atoms with Gasteiger partial charge in [-0.1, -0.05) is 13.8 Å². The van der Waals surface area contributed by atoms with Crippen molar-refractivity contribution >= 4 is 5.91 Å². The van der Waals surface area contributed by atoms with E-state index in [1.807, 2.05) is 0 Å². The number of phenolic OH excluding ortho intramolecular Hbond substituents is 1. The fraction of sp³-hybridized carbons (Fsp3) is 0.650. The number of rotatable bonds is 5. The van der Waals surface area contributed by atoms with Crippen LogP contribution in [0.3, 0.4) is 0 Å². The van der Waals surface area contributed by atoms with Gasteiger partial charge in [-0.15, -0.1) is 0 Å². The summed E-state index contributed by atoms with van der Waals surface area (Å²) >= 11 is 0. The molecule has 0 bridgehead atoms. The normalized spacial score (nSPS) is 24.2. The molecule has 0 aromatic heterocycles. The summed E-state index contributed by atoms with van der Waals surface area (Å²) in [5.74, 6) is -2.62. The van der Waals surface area contributed by atoms with Crippen molar-refractivity contribution in [3.05, 3.63) is 28.8 Å². The lowest BCUT2D eigenvalue weighted by molar-refractivity contribution is 0.0721. The monoisotopic (exact) mass is 366 g/mol. The van der Waals surface area contributed by atoms with Gasteiger partial charge in [0.15, 0.2) is 17.4 Å². The van der Waals surface area contributed by atoms with Crippen molar-refractivity contribution in [3.8, 4) is 5.75 Å². The number of amides is 1. The minimum Gasteiger partial charge on any atom is -0.503 e. The summed E-state index contributed by atoms with van der Waals surface area (Å²) < 4.78 is 27.6. The van der Waals surface area contributed by atoms with Gasteiger partial charge in [0, 0.05) is 25.2 Å². The highest BCUT2D eigenvalue weighted by Gasteiger charge is 2.35. The average molecular weight is 366 g/mol. The van der Waals surface area contributed by atoms with E-state index in [1.54, 1.807) is 4.90 Å². The minimum atomic E-state index is -1.13. The highest BCUT2D eigenvalue weighted by molar-refractivity contribution is 5.99. The summed E-state index contributed by atoms with van der Waals surface area (Å²) in [4.78, 5) is 14.1. The highest BCUT2D eigenvalue weighted by atomic mass is 19.1. The van der Waals surface area contributed by atoms with Crippen LogP contribution < -0.4 is 5.32 Å². The second kappa shape index (κ2) is 7.51. The lowest BCUT2D eigenvalue weighted by Crippen LogP contribution is -2.40. The van der Waals surface area contributed by atoms with E-state index in [0.29, 0.717) is 36.0 Å². The van der Waals surface area contributed by atoms with E-state index in [4.69, 9.17) is 0 Å². The summed E-state index contributed by atoms with van der Waals surface area (Å²) in [5.41, 5.74) is 0.151. The quantitative estimate of drug-likeness (QED) is 0.833. The minimum absolute atomic E-state index is 0.174. The Kier molecular flexibility index (Phi) is 5.51. The van der Waals surface area contributed by atoms with Crippen molar-refractivity contribution in [2.24, 2.45) is 11.8 Å². The van der Waals surface area contributed by atoms with Crippen molar-refractivity contribution in [2.45, 2.75) is 65.1 Å². The topological polar surface area (TPSA) is 52.6 Å². The maximum absolute atomic E-state index is 14.1. The molecule has 1 aromatic rings. The van der Waals surface area contributed by atoms with Gasteiger partial charge >= 0.3 is 0 Å². The number of halogens is 2. The zero-order valence-electron chi connectivity index (χ0n) is 15.7. The van der Waals surface area contributed by atoms with Crippen LogP contribution in [-0.4, -0.2) is 34.5 Å². The molecule has 6 heteroatoms. The lowest BCUT2D eigenvalue weighted by Gasteiger charge is -2.35. The van der Waals surface area contributed by atoms with Crippen molar-refractivity contribution in [1.29, 1.82) is 0 Å². The van der Waals surface area contributed by atoms with Gasteiger partial charge in [-0.3, -0.25) is 4.79 Å². The Hall–Kier alpha value is -1.69. The summed E-state index contributed by atoms with van der Waals surface area (Å²) in [7, 11) is 0. The highest BCUT2D eigenvalue weighted by Crippen LogP contribution is 2.36. The summed E-state index contributed by atoms with van der Waals surface area (Å²) in [6.45, 7) is 7.31. The molecule has 144 valence electrons. The third kappa shape index (κ3) is 3.70. The molecule has 1 saturated carbocycles. The maximum atomic E-state index is 14.1. The molecule has 2 N–H and O–H groups in total. The molecule has 0 radical (unpaired) electrons. The van der Waals surface area contributed by atoms with Crippen LogP contribution in [0.4, 0.5) is 8.78 Å². The maximum Gasteiger partial charge on any atom is 0.257 e. The SMILES string of the molecule is CC(C)NC(C)C1CCC(CN2Cc3cc(F)c(O)c(F)c3C2=O)CC1. The molecule has 1 amide bonds. The fourth-order valence-corrected chi connectivity index (χ4v) is 4.44. The molecule has 0 saturated heterocycles. The molecule has 4 nitrogen and oxygen atoms in total. The molecular formula is C20H28F2N2O2. The summed E-state index contributed by atoms with van der Waals surface area (Å²) in [6.07, 6.45) is 4.31. The van der Waals surface area contributed by atoms with E-state index in [0.717, 1.165) is 31.7 Å². The van der Waals surface area contributed by atoms with Crippen molar-refractivity contribution in [1.82, 2.24) is 10.2 Å². The van der Waals surface area contributed by atoms with Crippen LogP contribution in [0.1, 0.15) is 62.4 Å². The van der Waals surface area contributed by atoms with Gasteiger partial charge in [-0.25, -0.2) is 8.78 Å². The van der Waals surface area contributed by atoms with Crippen LogP contribution in [0.5, 0.6) is 5.75 Å². The Morgan fingerprint density at radius 1 is 1.23 bits per heavy atom. The van der Waals surface area contributed by atoms with Gasteiger partial charge in [0.1, 0.15) is 0 Å². The molecule has 2 aliphatic rings. The molecule has 1 atom stereocenters. The number of carbonyl (C=O) groups excluding carboxylic acids is 1. The van der Waals surface area contributed by atoms with Crippen LogP contribution >= 0.6 is 0 Å². The molecule has 1 heterocycles. The van der Waals surface area contributed by atoms with E-state index in [9.17, 15) is 18.7 Å². The fourth-order valence-electron chi connectivity index (χ4n) is 4.44. The van der Waals surface area contributed by atoms with Gasteiger partial charge in [-0.2, -0.15) is 0 Å². The van der Waals surface area contributed by atoms with E-state index in [1.165, 1.54) is 0 Å². The second-order valence-electron chi connectivity index (χ2n) is 8.13. The number of aromatic hydroxyl groups is 1. The van der Waals surface area contributed by atoms with Gasteiger partial charge < -0.3 is 15.3 Å². The molecule has 3 rings (SSSR count). The molecule has 1 aromatic carbocycles. The Labute approximate surface area is 153 Å². The van der Waals surface area contributed by atoms with Crippen LogP contribution in [-0.2, 0) is 6.54 Å². The van der Waals surface area contributed by atoms with Crippen LogP contribution in [0.2, 0.25) is 0 Å².